The van der Waals surface area contributed by atoms with Gasteiger partial charge < -0.3 is 9.64 Å². The number of fused-ring (bicyclic) bond motifs is 1. The fraction of sp³-hybridized carbons (Fsp3) is 0.263. The first-order valence-corrected chi connectivity index (χ1v) is 8.17. The highest BCUT2D eigenvalue weighted by atomic mass is 19.1. The molecule has 1 saturated heterocycles. The lowest BCUT2D eigenvalue weighted by molar-refractivity contribution is 0.181. The summed E-state index contributed by atoms with van der Waals surface area (Å²) in [5.41, 5.74) is 3.77. The molecule has 2 aromatic rings. The molecule has 0 unspecified atom stereocenters. The molecule has 0 N–H and O–H groups in total. The van der Waals surface area contributed by atoms with Gasteiger partial charge in [-0.25, -0.2) is 9.18 Å². The number of cyclic esters (lactones) is 1. The number of anilines is 2. The molecule has 2 aliphatic heterocycles. The molecular weight excluding hydrogens is 321 g/mol. The van der Waals surface area contributed by atoms with Crippen LogP contribution >= 0.6 is 0 Å². The van der Waals surface area contributed by atoms with Gasteiger partial charge in [0, 0.05) is 13.1 Å². The fourth-order valence-corrected chi connectivity index (χ4v) is 3.55. The third-order valence-electron chi connectivity index (χ3n) is 4.74. The van der Waals surface area contributed by atoms with Crippen molar-refractivity contribution < 1.29 is 13.9 Å². The summed E-state index contributed by atoms with van der Waals surface area (Å²) in [6.07, 6.45) is 0.407. The van der Waals surface area contributed by atoms with Crippen molar-refractivity contribution in [3.63, 3.8) is 0 Å². The van der Waals surface area contributed by atoms with Crippen molar-refractivity contribution in [3.8, 4) is 6.07 Å². The molecule has 2 aromatic carbocycles. The van der Waals surface area contributed by atoms with E-state index in [4.69, 9.17) is 4.74 Å². The third kappa shape index (κ3) is 2.58. The number of carbonyl (C=O) groups excluding carboxylic acids is 1. The summed E-state index contributed by atoms with van der Waals surface area (Å²) >= 11 is 0. The van der Waals surface area contributed by atoms with Crippen molar-refractivity contribution in [2.45, 2.75) is 13.0 Å². The first-order chi connectivity index (χ1) is 12.2. The molecule has 0 radical (unpaired) electrons. The Morgan fingerprint density at radius 1 is 1.12 bits per heavy atom. The Labute approximate surface area is 144 Å². The number of halogens is 1. The molecule has 6 heteroatoms. The van der Waals surface area contributed by atoms with Gasteiger partial charge in [0.25, 0.3) is 0 Å². The van der Waals surface area contributed by atoms with Crippen molar-refractivity contribution in [3.05, 3.63) is 58.9 Å². The smallest absolute Gasteiger partial charge is 0.414 e. The van der Waals surface area contributed by atoms with Crippen LogP contribution in [0.3, 0.4) is 0 Å². The minimum atomic E-state index is -0.501. The minimum absolute atomic E-state index is 0.0743. The normalized spacial score (nSPS) is 16.4. The predicted molar refractivity (Wildman–Crippen MR) is 91.0 cm³/mol. The minimum Gasteiger partial charge on any atom is -0.447 e. The number of nitrogens with zero attached hydrogens (tertiary/aromatic N) is 3. The monoisotopic (exact) mass is 337 g/mol. The third-order valence-corrected chi connectivity index (χ3v) is 4.74. The van der Waals surface area contributed by atoms with Crippen molar-refractivity contribution in [2.24, 2.45) is 0 Å². The highest BCUT2D eigenvalue weighted by molar-refractivity contribution is 5.90. The van der Waals surface area contributed by atoms with Crippen LogP contribution in [0.15, 0.2) is 36.4 Å². The van der Waals surface area contributed by atoms with Crippen LogP contribution in [0.25, 0.3) is 0 Å². The van der Waals surface area contributed by atoms with Crippen molar-refractivity contribution in [1.82, 2.24) is 0 Å². The molecule has 1 amide bonds. The molecule has 1 fully saturated rings. The van der Waals surface area contributed by atoms with Gasteiger partial charge in [0.05, 0.1) is 17.9 Å². The van der Waals surface area contributed by atoms with Crippen LogP contribution in [0, 0.1) is 17.1 Å². The Morgan fingerprint density at radius 2 is 1.92 bits per heavy atom. The highest BCUT2D eigenvalue weighted by Crippen LogP contribution is 2.33. The summed E-state index contributed by atoms with van der Waals surface area (Å²) in [5, 5.41) is 9.27. The van der Waals surface area contributed by atoms with Gasteiger partial charge in [-0.1, -0.05) is 18.2 Å². The van der Waals surface area contributed by atoms with E-state index in [0.717, 1.165) is 23.2 Å². The van der Waals surface area contributed by atoms with E-state index >= 15 is 0 Å². The van der Waals surface area contributed by atoms with E-state index in [1.165, 1.54) is 6.07 Å². The molecule has 0 bridgehead atoms. The second-order valence-corrected chi connectivity index (χ2v) is 6.10. The Bertz CT molecular complexity index is 891. The van der Waals surface area contributed by atoms with Gasteiger partial charge >= 0.3 is 6.09 Å². The van der Waals surface area contributed by atoms with E-state index < -0.39 is 5.82 Å². The van der Waals surface area contributed by atoms with Crippen LogP contribution in [-0.4, -0.2) is 25.8 Å². The molecule has 0 saturated carbocycles. The predicted octanol–water partition coefficient (Wildman–Crippen LogP) is 3.22. The number of carbonyl (C=O) groups is 1. The zero-order valence-corrected chi connectivity index (χ0v) is 13.5. The Hall–Kier alpha value is -3.07. The Kier molecular flexibility index (Phi) is 3.77. The van der Waals surface area contributed by atoms with Gasteiger partial charge in [0.1, 0.15) is 24.1 Å². The average molecular weight is 337 g/mol. The lowest BCUT2D eigenvalue weighted by Gasteiger charge is -2.33. The summed E-state index contributed by atoms with van der Waals surface area (Å²) in [6.45, 7) is 2.19. The second-order valence-electron chi connectivity index (χ2n) is 6.10. The second kappa shape index (κ2) is 6.10. The SMILES string of the molecule is N#Cc1c(F)cccc1N1CCc2c(cccc2N2CCOC2=O)C1. The van der Waals surface area contributed by atoms with E-state index in [-0.39, 0.29) is 11.7 Å². The average Bonchev–Trinajstić information content (AvgIpc) is 3.06. The molecule has 0 aromatic heterocycles. The number of benzene rings is 2. The number of rotatable bonds is 2. The quantitative estimate of drug-likeness (QED) is 0.844. The highest BCUT2D eigenvalue weighted by Gasteiger charge is 2.29. The summed E-state index contributed by atoms with van der Waals surface area (Å²) in [6, 6.07) is 12.5. The van der Waals surface area contributed by atoms with Crippen LogP contribution in [0.1, 0.15) is 16.7 Å². The molecule has 4 rings (SSSR count). The summed E-state index contributed by atoms with van der Waals surface area (Å²) in [5.74, 6) is -0.501. The Balaban J connectivity index is 1.68. The standard InChI is InChI=1S/C19H16FN3O2/c20-16-4-2-5-17(15(16)11-21)22-8-7-14-13(12-22)3-1-6-18(14)23-9-10-25-19(23)24/h1-6H,7-10,12H2. The molecular formula is C19H16FN3O2. The van der Waals surface area contributed by atoms with Gasteiger partial charge in [-0.2, -0.15) is 5.26 Å². The molecule has 0 atom stereocenters. The van der Waals surface area contributed by atoms with Crippen LogP contribution in [-0.2, 0) is 17.7 Å². The molecule has 2 aliphatic rings. The van der Waals surface area contributed by atoms with E-state index in [2.05, 4.69) is 0 Å². The lowest BCUT2D eigenvalue weighted by Crippen LogP contribution is -2.33. The number of hydrogen-bond acceptors (Lipinski definition) is 4. The molecule has 2 heterocycles. The van der Waals surface area contributed by atoms with Crippen molar-refractivity contribution in [1.29, 1.82) is 5.26 Å². The molecule has 25 heavy (non-hydrogen) atoms. The fourth-order valence-electron chi connectivity index (χ4n) is 3.55. The summed E-state index contributed by atoms with van der Waals surface area (Å²) < 4.78 is 18.9. The zero-order valence-electron chi connectivity index (χ0n) is 13.5. The van der Waals surface area contributed by atoms with E-state index in [9.17, 15) is 14.4 Å². The van der Waals surface area contributed by atoms with Gasteiger partial charge in [0.15, 0.2) is 0 Å². The number of ether oxygens (including phenoxy) is 1. The van der Waals surface area contributed by atoms with E-state index in [1.807, 2.05) is 29.2 Å². The van der Waals surface area contributed by atoms with E-state index in [0.29, 0.717) is 31.9 Å². The summed E-state index contributed by atoms with van der Waals surface area (Å²) in [4.78, 5) is 15.6. The number of nitriles is 1. The summed E-state index contributed by atoms with van der Waals surface area (Å²) in [7, 11) is 0. The first kappa shape index (κ1) is 15.5. The molecule has 0 spiro atoms. The maximum atomic E-state index is 13.9. The topological polar surface area (TPSA) is 56.6 Å². The van der Waals surface area contributed by atoms with Crippen LogP contribution < -0.4 is 9.80 Å². The lowest BCUT2D eigenvalue weighted by atomic mass is 9.96. The maximum Gasteiger partial charge on any atom is 0.414 e. The molecule has 126 valence electrons. The van der Waals surface area contributed by atoms with Crippen LogP contribution in [0.4, 0.5) is 20.6 Å². The first-order valence-electron chi connectivity index (χ1n) is 8.17. The van der Waals surface area contributed by atoms with E-state index in [1.54, 1.807) is 17.0 Å². The van der Waals surface area contributed by atoms with Crippen LogP contribution in [0.2, 0.25) is 0 Å². The largest absolute Gasteiger partial charge is 0.447 e. The van der Waals surface area contributed by atoms with Gasteiger partial charge in [-0.05, 0) is 35.7 Å². The van der Waals surface area contributed by atoms with Crippen LogP contribution in [0.5, 0.6) is 0 Å². The van der Waals surface area contributed by atoms with Gasteiger partial charge in [0.2, 0.25) is 0 Å². The van der Waals surface area contributed by atoms with Gasteiger partial charge in [-0.15, -0.1) is 0 Å². The number of hydrogen-bond donors (Lipinski definition) is 0. The van der Waals surface area contributed by atoms with Crippen molar-refractivity contribution in [2.75, 3.05) is 29.5 Å². The Morgan fingerprint density at radius 3 is 2.68 bits per heavy atom. The maximum absolute atomic E-state index is 13.9. The van der Waals surface area contributed by atoms with Crippen molar-refractivity contribution >= 4 is 17.5 Å². The zero-order chi connectivity index (χ0) is 17.4. The molecule has 0 aliphatic carbocycles. The van der Waals surface area contributed by atoms with Gasteiger partial charge in [-0.3, -0.25) is 4.90 Å². The number of amides is 1. The molecule has 5 nitrogen and oxygen atoms in total.